The molecule has 0 aromatic heterocycles. The van der Waals surface area contributed by atoms with E-state index in [0.29, 0.717) is 6.42 Å². The van der Waals surface area contributed by atoms with Crippen LogP contribution in [0.2, 0.25) is 0 Å². The lowest BCUT2D eigenvalue weighted by molar-refractivity contribution is -0.153. The molecular formula is C12H17BrO2. The normalized spacial score (nSPS) is 25.7. The number of ether oxygens (including phenoxy) is 1. The van der Waals surface area contributed by atoms with Gasteiger partial charge in [-0.2, -0.15) is 0 Å². The van der Waals surface area contributed by atoms with Gasteiger partial charge in [0, 0.05) is 0 Å². The monoisotopic (exact) mass is 272 g/mol. The SMILES string of the molecule is C=C(Br)C[C@]1(C(=O)OC)CC=C(C)CC1. The number of rotatable bonds is 3. The summed E-state index contributed by atoms with van der Waals surface area (Å²) < 4.78 is 5.76. The molecule has 15 heavy (non-hydrogen) atoms. The third kappa shape index (κ3) is 2.94. The first-order valence-corrected chi connectivity index (χ1v) is 5.87. The van der Waals surface area contributed by atoms with E-state index >= 15 is 0 Å². The number of carbonyl (C=O) groups is 1. The van der Waals surface area contributed by atoms with Crippen molar-refractivity contribution >= 4 is 21.9 Å². The van der Waals surface area contributed by atoms with Gasteiger partial charge in [-0.3, -0.25) is 4.79 Å². The Kier molecular flexibility index (Phi) is 4.14. The second-order valence-electron chi connectivity index (χ2n) is 4.22. The van der Waals surface area contributed by atoms with Crippen molar-refractivity contribution in [3.63, 3.8) is 0 Å². The fraction of sp³-hybridized carbons (Fsp3) is 0.583. The van der Waals surface area contributed by atoms with Crippen LogP contribution in [0.1, 0.15) is 32.6 Å². The largest absolute Gasteiger partial charge is 0.469 e. The number of halogens is 1. The number of hydrogen-bond donors (Lipinski definition) is 0. The number of methoxy groups -OCH3 is 1. The highest BCUT2D eigenvalue weighted by atomic mass is 79.9. The predicted octanol–water partition coefficient (Wildman–Crippen LogP) is 3.57. The highest BCUT2D eigenvalue weighted by Crippen LogP contribution is 2.42. The number of allylic oxidation sites excluding steroid dienone is 3. The smallest absolute Gasteiger partial charge is 0.312 e. The maximum absolute atomic E-state index is 11.8. The lowest BCUT2D eigenvalue weighted by Gasteiger charge is -2.33. The highest BCUT2D eigenvalue weighted by molar-refractivity contribution is 9.11. The van der Waals surface area contributed by atoms with Crippen LogP contribution in [0.4, 0.5) is 0 Å². The molecule has 0 aliphatic heterocycles. The minimum Gasteiger partial charge on any atom is -0.469 e. The number of carbonyl (C=O) groups excluding carboxylic acids is 1. The van der Waals surface area contributed by atoms with Crippen LogP contribution in [0.15, 0.2) is 22.7 Å². The summed E-state index contributed by atoms with van der Waals surface area (Å²) in [5.41, 5.74) is 0.962. The van der Waals surface area contributed by atoms with Crippen LogP contribution in [-0.2, 0) is 9.53 Å². The predicted molar refractivity (Wildman–Crippen MR) is 64.7 cm³/mol. The Morgan fingerprint density at radius 1 is 1.73 bits per heavy atom. The van der Waals surface area contributed by atoms with E-state index < -0.39 is 5.41 Å². The maximum atomic E-state index is 11.8. The molecule has 0 saturated heterocycles. The molecule has 0 saturated carbocycles. The fourth-order valence-corrected chi connectivity index (χ4v) is 2.55. The van der Waals surface area contributed by atoms with Gasteiger partial charge in [-0.15, -0.1) is 0 Å². The standard InChI is InChI=1S/C12H17BrO2/c1-9-4-6-12(7-5-9,8-10(2)13)11(14)15-3/h4H,2,5-8H2,1,3H3/t12-/m0/s1. The summed E-state index contributed by atoms with van der Waals surface area (Å²) in [5, 5.41) is 0. The van der Waals surface area contributed by atoms with Gasteiger partial charge in [-0.05, 0) is 37.1 Å². The topological polar surface area (TPSA) is 26.3 Å². The van der Waals surface area contributed by atoms with E-state index in [4.69, 9.17) is 4.74 Å². The number of esters is 1. The van der Waals surface area contributed by atoms with Crippen molar-refractivity contribution in [2.75, 3.05) is 7.11 Å². The van der Waals surface area contributed by atoms with E-state index in [1.54, 1.807) is 0 Å². The number of hydrogen-bond acceptors (Lipinski definition) is 2. The van der Waals surface area contributed by atoms with Crippen molar-refractivity contribution in [1.29, 1.82) is 0 Å². The van der Waals surface area contributed by atoms with Crippen molar-refractivity contribution in [1.82, 2.24) is 0 Å². The summed E-state index contributed by atoms with van der Waals surface area (Å²) in [6.45, 7) is 5.92. The van der Waals surface area contributed by atoms with Gasteiger partial charge in [0.2, 0.25) is 0 Å². The minimum absolute atomic E-state index is 0.119. The summed E-state index contributed by atoms with van der Waals surface area (Å²) in [5.74, 6) is -0.119. The average molecular weight is 273 g/mol. The molecule has 0 heterocycles. The van der Waals surface area contributed by atoms with Crippen molar-refractivity contribution in [3.8, 4) is 0 Å². The van der Waals surface area contributed by atoms with Crippen LogP contribution < -0.4 is 0 Å². The summed E-state index contributed by atoms with van der Waals surface area (Å²) in [6.07, 6.45) is 5.37. The highest BCUT2D eigenvalue weighted by Gasteiger charge is 2.40. The third-order valence-electron chi connectivity index (χ3n) is 2.99. The Morgan fingerprint density at radius 3 is 2.80 bits per heavy atom. The lowest BCUT2D eigenvalue weighted by Crippen LogP contribution is -2.33. The lowest BCUT2D eigenvalue weighted by atomic mass is 9.73. The van der Waals surface area contributed by atoms with Gasteiger partial charge in [0.05, 0.1) is 12.5 Å². The van der Waals surface area contributed by atoms with E-state index in [1.165, 1.54) is 12.7 Å². The molecule has 2 nitrogen and oxygen atoms in total. The molecule has 0 N–H and O–H groups in total. The second-order valence-corrected chi connectivity index (χ2v) is 5.34. The molecular weight excluding hydrogens is 256 g/mol. The van der Waals surface area contributed by atoms with E-state index in [-0.39, 0.29) is 5.97 Å². The molecule has 0 radical (unpaired) electrons. The third-order valence-corrected chi connectivity index (χ3v) is 3.27. The quantitative estimate of drug-likeness (QED) is 0.580. The van der Waals surface area contributed by atoms with Gasteiger partial charge >= 0.3 is 5.97 Å². The van der Waals surface area contributed by atoms with Crippen LogP contribution in [-0.4, -0.2) is 13.1 Å². The summed E-state index contributed by atoms with van der Waals surface area (Å²) in [6, 6.07) is 0. The van der Waals surface area contributed by atoms with E-state index in [0.717, 1.165) is 23.7 Å². The van der Waals surface area contributed by atoms with E-state index in [2.05, 4.69) is 35.5 Å². The van der Waals surface area contributed by atoms with Crippen LogP contribution in [0, 0.1) is 5.41 Å². The second kappa shape index (κ2) is 4.97. The van der Waals surface area contributed by atoms with Crippen molar-refractivity contribution in [2.24, 2.45) is 5.41 Å². The average Bonchev–Trinajstić information content (AvgIpc) is 2.20. The summed E-state index contributed by atoms with van der Waals surface area (Å²) in [7, 11) is 1.45. The van der Waals surface area contributed by atoms with Crippen molar-refractivity contribution < 1.29 is 9.53 Å². The van der Waals surface area contributed by atoms with Gasteiger partial charge in [0.15, 0.2) is 0 Å². The van der Waals surface area contributed by atoms with Crippen LogP contribution >= 0.6 is 15.9 Å². The summed E-state index contributed by atoms with van der Waals surface area (Å²) in [4.78, 5) is 11.8. The minimum atomic E-state index is -0.394. The van der Waals surface area contributed by atoms with Crippen LogP contribution in [0.5, 0.6) is 0 Å². The van der Waals surface area contributed by atoms with Gasteiger partial charge in [0.25, 0.3) is 0 Å². The van der Waals surface area contributed by atoms with Crippen molar-refractivity contribution in [3.05, 3.63) is 22.7 Å². The molecule has 1 rings (SSSR count). The molecule has 0 spiro atoms. The van der Waals surface area contributed by atoms with Crippen molar-refractivity contribution in [2.45, 2.75) is 32.6 Å². The molecule has 0 aromatic carbocycles. The zero-order valence-corrected chi connectivity index (χ0v) is 10.9. The molecule has 0 amide bonds. The fourth-order valence-electron chi connectivity index (χ4n) is 2.01. The van der Waals surface area contributed by atoms with Gasteiger partial charge in [-0.1, -0.05) is 34.2 Å². The first-order valence-electron chi connectivity index (χ1n) is 5.07. The zero-order chi connectivity index (χ0) is 11.5. The molecule has 1 atom stereocenters. The zero-order valence-electron chi connectivity index (χ0n) is 9.31. The van der Waals surface area contributed by atoms with Gasteiger partial charge < -0.3 is 4.74 Å². The van der Waals surface area contributed by atoms with Crippen LogP contribution in [0.3, 0.4) is 0 Å². The Morgan fingerprint density at radius 2 is 2.40 bits per heavy atom. The van der Waals surface area contributed by atoms with E-state index in [9.17, 15) is 4.79 Å². The molecule has 3 heteroatoms. The van der Waals surface area contributed by atoms with Gasteiger partial charge in [-0.25, -0.2) is 0 Å². The Hall–Kier alpha value is -0.570. The maximum Gasteiger partial charge on any atom is 0.312 e. The molecule has 1 aliphatic carbocycles. The van der Waals surface area contributed by atoms with E-state index in [1.807, 2.05) is 0 Å². The first-order chi connectivity index (χ1) is 7.00. The summed E-state index contributed by atoms with van der Waals surface area (Å²) >= 11 is 3.33. The molecule has 1 aliphatic rings. The molecule has 0 bridgehead atoms. The Bertz CT molecular complexity index is 307. The molecule has 84 valence electrons. The Balaban J connectivity index is 2.88. The molecule has 0 aromatic rings. The van der Waals surface area contributed by atoms with Gasteiger partial charge in [0.1, 0.15) is 0 Å². The Labute approximate surface area is 99.5 Å². The van der Waals surface area contributed by atoms with Crippen LogP contribution in [0.25, 0.3) is 0 Å². The molecule has 0 unspecified atom stereocenters. The molecule has 0 fully saturated rings. The first kappa shape index (κ1) is 12.5.